The van der Waals surface area contributed by atoms with Crippen LogP contribution in [0.3, 0.4) is 0 Å². The van der Waals surface area contributed by atoms with Crippen molar-refractivity contribution in [1.29, 1.82) is 0 Å². The molecule has 0 saturated carbocycles. The average molecular weight is 237 g/mol. The summed E-state index contributed by atoms with van der Waals surface area (Å²) >= 11 is 1.91. The van der Waals surface area contributed by atoms with Gasteiger partial charge in [0, 0.05) is 16.3 Å². The summed E-state index contributed by atoms with van der Waals surface area (Å²) < 4.78 is 0. The molecule has 90 valence electrons. The van der Waals surface area contributed by atoms with Gasteiger partial charge in [-0.2, -0.15) is 0 Å². The Morgan fingerprint density at radius 3 is 2.62 bits per heavy atom. The van der Waals surface area contributed by atoms with E-state index in [1.54, 1.807) is 0 Å². The van der Waals surface area contributed by atoms with Crippen LogP contribution < -0.4 is 5.73 Å². The first-order valence-electron chi connectivity index (χ1n) is 6.25. The molecular formula is C14H23NS. The van der Waals surface area contributed by atoms with E-state index in [2.05, 4.69) is 26.0 Å². The molecule has 0 radical (unpaired) electrons. The van der Waals surface area contributed by atoms with Crippen molar-refractivity contribution in [1.82, 2.24) is 0 Å². The quantitative estimate of drug-likeness (QED) is 0.555. The Morgan fingerprint density at radius 1 is 1.25 bits per heavy atom. The van der Waals surface area contributed by atoms with E-state index in [1.807, 2.05) is 23.9 Å². The molecule has 0 aliphatic rings. The van der Waals surface area contributed by atoms with Gasteiger partial charge in [0.25, 0.3) is 0 Å². The normalized spacial score (nSPS) is 12.6. The Labute approximate surface area is 104 Å². The zero-order valence-electron chi connectivity index (χ0n) is 10.4. The average Bonchev–Trinajstić information content (AvgIpc) is 2.31. The van der Waals surface area contributed by atoms with Gasteiger partial charge in [-0.05, 0) is 24.5 Å². The lowest BCUT2D eigenvalue weighted by Crippen LogP contribution is -2.02. The highest BCUT2D eigenvalue weighted by Gasteiger charge is 2.07. The van der Waals surface area contributed by atoms with E-state index in [9.17, 15) is 0 Å². The van der Waals surface area contributed by atoms with Gasteiger partial charge in [-0.3, -0.25) is 0 Å². The van der Waals surface area contributed by atoms with E-state index < -0.39 is 0 Å². The highest BCUT2D eigenvalue weighted by Crippen LogP contribution is 2.28. The number of unbranched alkanes of at least 4 members (excludes halogenated alkanes) is 1. The molecular weight excluding hydrogens is 214 g/mol. The predicted molar refractivity (Wildman–Crippen MR) is 74.9 cm³/mol. The second-order valence-electron chi connectivity index (χ2n) is 4.27. The van der Waals surface area contributed by atoms with Crippen LogP contribution in [0.1, 0.15) is 39.5 Å². The third-order valence-electron chi connectivity index (χ3n) is 2.94. The molecule has 0 aliphatic carbocycles. The Morgan fingerprint density at radius 2 is 2.00 bits per heavy atom. The van der Waals surface area contributed by atoms with E-state index in [4.69, 9.17) is 5.73 Å². The molecule has 2 N–H and O–H groups in total. The van der Waals surface area contributed by atoms with Crippen LogP contribution in [-0.2, 0) is 0 Å². The monoisotopic (exact) mass is 237 g/mol. The summed E-state index contributed by atoms with van der Waals surface area (Å²) in [6.45, 7) is 4.55. The zero-order valence-corrected chi connectivity index (χ0v) is 11.2. The number of hydrogen-bond acceptors (Lipinski definition) is 2. The fourth-order valence-electron chi connectivity index (χ4n) is 1.72. The molecule has 0 spiro atoms. The Hall–Kier alpha value is -0.630. The first-order chi connectivity index (χ1) is 7.77. The standard InChI is InChI=1S/C14H23NS/c1-3-5-8-12(4-2)11-16-14-10-7-6-9-13(14)15/h6-7,9-10,12H,3-5,8,11,15H2,1-2H3. The van der Waals surface area contributed by atoms with E-state index in [-0.39, 0.29) is 0 Å². The van der Waals surface area contributed by atoms with Crippen molar-refractivity contribution in [3.63, 3.8) is 0 Å². The molecule has 1 atom stereocenters. The SMILES string of the molecule is CCCCC(CC)CSc1ccccc1N. The summed E-state index contributed by atoms with van der Waals surface area (Å²) in [5.74, 6) is 2.04. The molecule has 1 unspecified atom stereocenters. The van der Waals surface area contributed by atoms with Crippen LogP contribution >= 0.6 is 11.8 Å². The van der Waals surface area contributed by atoms with Crippen LogP contribution in [0, 0.1) is 5.92 Å². The van der Waals surface area contributed by atoms with Crippen LogP contribution in [0.2, 0.25) is 0 Å². The molecule has 1 aromatic rings. The molecule has 0 aliphatic heterocycles. The van der Waals surface area contributed by atoms with Crippen LogP contribution in [0.5, 0.6) is 0 Å². The number of hydrogen-bond donors (Lipinski definition) is 1. The molecule has 16 heavy (non-hydrogen) atoms. The first kappa shape index (κ1) is 13.4. The lowest BCUT2D eigenvalue weighted by Gasteiger charge is -2.14. The van der Waals surface area contributed by atoms with Crippen molar-refractivity contribution >= 4 is 17.4 Å². The Balaban J connectivity index is 2.40. The van der Waals surface area contributed by atoms with Gasteiger partial charge in [0.1, 0.15) is 0 Å². The fourth-order valence-corrected chi connectivity index (χ4v) is 2.94. The van der Waals surface area contributed by atoms with Crippen LogP contribution in [0.15, 0.2) is 29.2 Å². The molecule has 1 nitrogen and oxygen atoms in total. The van der Waals surface area contributed by atoms with Gasteiger partial charge in [0.15, 0.2) is 0 Å². The summed E-state index contributed by atoms with van der Waals surface area (Å²) in [5, 5.41) is 0. The molecule has 2 heteroatoms. The van der Waals surface area contributed by atoms with Gasteiger partial charge in [0.05, 0.1) is 0 Å². The third-order valence-corrected chi connectivity index (χ3v) is 4.26. The van der Waals surface area contributed by atoms with Gasteiger partial charge in [-0.25, -0.2) is 0 Å². The lowest BCUT2D eigenvalue weighted by atomic mass is 10.0. The second-order valence-corrected chi connectivity index (χ2v) is 5.33. The molecule has 1 rings (SSSR count). The Kier molecular flexibility index (Phi) is 6.39. The van der Waals surface area contributed by atoms with Crippen molar-refractivity contribution in [2.75, 3.05) is 11.5 Å². The van der Waals surface area contributed by atoms with Crippen LogP contribution in [0.4, 0.5) is 5.69 Å². The van der Waals surface area contributed by atoms with Crippen LogP contribution in [0.25, 0.3) is 0 Å². The summed E-state index contributed by atoms with van der Waals surface area (Å²) in [6.07, 6.45) is 5.28. The molecule has 0 bridgehead atoms. The van der Waals surface area contributed by atoms with E-state index >= 15 is 0 Å². The van der Waals surface area contributed by atoms with E-state index in [1.165, 1.54) is 36.3 Å². The molecule has 0 aromatic heterocycles. The van der Waals surface area contributed by atoms with Gasteiger partial charge >= 0.3 is 0 Å². The highest BCUT2D eigenvalue weighted by atomic mass is 32.2. The number of nitrogens with two attached hydrogens (primary N) is 1. The summed E-state index contributed by atoms with van der Waals surface area (Å²) in [4.78, 5) is 1.23. The van der Waals surface area contributed by atoms with Gasteiger partial charge in [0.2, 0.25) is 0 Å². The maximum atomic E-state index is 5.93. The fraction of sp³-hybridized carbons (Fsp3) is 0.571. The maximum Gasteiger partial charge on any atom is 0.0452 e. The minimum atomic E-state index is 0.838. The minimum absolute atomic E-state index is 0.838. The topological polar surface area (TPSA) is 26.0 Å². The smallest absolute Gasteiger partial charge is 0.0452 e. The molecule has 0 heterocycles. The minimum Gasteiger partial charge on any atom is -0.398 e. The maximum absolute atomic E-state index is 5.93. The van der Waals surface area contributed by atoms with Crippen molar-refractivity contribution in [3.05, 3.63) is 24.3 Å². The number of benzene rings is 1. The predicted octanol–water partition coefficient (Wildman–Crippen LogP) is 4.58. The van der Waals surface area contributed by atoms with Gasteiger partial charge < -0.3 is 5.73 Å². The number of rotatable bonds is 7. The number of thioether (sulfide) groups is 1. The number of nitrogen functional groups attached to an aromatic ring is 1. The largest absolute Gasteiger partial charge is 0.398 e. The molecule has 0 amide bonds. The van der Waals surface area contributed by atoms with Crippen molar-refractivity contribution < 1.29 is 0 Å². The highest BCUT2D eigenvalue weighted by molar-refractivity contribution is 7.99. The van der Waals surface area contributed by atoms with E-state index in [0.717, 1.165) is 11.6 Å². The van der Waals surface area contributed by atoms with Gasteiger partial charge in [-0.1, -0.05) is 45.2 Å². The van der Waals surface area contributed by atoms with Crippen molar-refractivity contribution in [2.24, 2.45) is 5.92 Å². The summed E-state index contributed by atoms with van der Waals surface area (Å²) in [7, 11) is 0. The van der Waals surface area contributed by atoms with Gasteiger partial charge in [-0.15, -0.1) is 11.8 Å². The summed E-state index contributed by atoms with van der Waals surface area (Å²) in [6, 6.07) is 8.15. The molecule has 0 fully saturated rings. The number of anilines is 1. The lowest BCUT2D eigenvalue weighted by molar-refractivity contribution is 0.499. The van der Waals surface area contributed by atoms with Crippen LogP contribution in [-0.4, -0.2) is 5.75 Å². The summed E-state index contributed by atoms with van der Waals surface area (Å²) in [5.41, 5.74) is 6.84. The van der Waals surface area contributed by atoms with Crippen molar-refractivity contribution in [2.45, 2.75) is 44.4 Å². The number of para-hydroxylation sites is 1. The molecule has 0 saturated heterocycles. The van der Waals surface area contributed by atoms with E-state index in [0.29, 0.717) is 0 Å². The van der Waals surface area contributed by atoms with Crippen molar-refractivity contribution in [3.8, 4) is 0 Å². The second kappa shape index (κ2) is 7.61. The third kappa shape index (κ3) is 4.48. The Bertz CT molecular complexity index is 299. The molecule has 1 aromatic carbocycles. The first-order valence-corrected chi connectivity index (χ1v) is 7.23. The zero-order chi connectivity index (χ0) is 11.8.